The molecular weight excluding hydrogens is 587 g/mol. The lowest BCUT2D eigenvalue weighted by Gasteiger charge is -2.15. The molecule has 0 aliphatic carbocycles. The van der Waals surface area contributed by atoms with E-state index in [0.717, 1.165) is 16.7 Å². The maximum atomic E-state index is 13.8. The summed E-state index contributed by atoms with van der Waals surface area (Å²) in [7, 11) is 0. The van der Waals surface area contributed by atoms with E-state index in [1.807, 2.05) is 0 Å². The second-order valence-electron chi connectivity index (χ2n) is 9.57. The summed E-state index contributed by atoms with van der Waals surface area (Å²) in [4.78, 5) is 64.0. The van der Waals surface area contributed by atoms with E-state index >= 15 is 0 Å². The van der Waals surface area contributed by atoms with Crippen molar-refractivity contribution in [3.63, 3.8) is 0 Å². The second kappa shape index (κ2) is 13.1. The first-order valence-electron chi connectivity index (χ1n) is 13.2. The fraction of sp³-hybridized carbons (Fsp3) is 0.0625. The predicted molar refractivity (Wildman–Crippen MR) is 163 cm³/mol. The zero-order valence-electron chi connectivity index (χ0n) is 22.8. The molecule has 0 radical (unpaired) electrons. The third-order valence-electron chi connectivity index (χ3n) is 6.48. The van der Waals surface area contributed by atoms with Crippen molar-refractivity contribution in [1.29, 1.82) is 0 Å². The quantitative estimate of drug-likeness (QED) is 0.109. The third kappa shape index (κ3) is 7.05. The highest BCUT2D eigenvalue weighted by atomic mass is 32.2. The van der Waals surface area contributed by atoms with E-state index < -0.39 is 39.6 Å². The number of non-ortho nitro benzene ring substituents is 1. The average Bonchev–Trinajstić information content (AvgIpc) is 3.29. The van der Waals surface area contributed by atoms with Crippen molar-refractivity contribution in [3.05, 3.63) is 136 Å². The zero-order chi connectivity index (χ0) is 31.2. The van der Waals surface area contributed by atoms with Crippen LogP contribution in [0.4, 0.5) is 21.5 Å². The van der Waals surface area contributed by atoms with Gasteiger partial charge in [-0.2, -0.15) is 0 Å². The number of carbonyl (C=O) groups is 4. The molecule has 10 nitrogen and oxygen atoms in total. The number of nitrogens with one attached hydrogen (secondary N) is 2. The second-order valence-corrected chi connectivity index (χ2v) is 10.8. The Bertz CT molecular complexity index is 1800. The van der Waals surface area contributed by atoms with E-state index in [2.05, 4.69) is 10.6 Å². The fourth-order valence-corrected chi connectivity index (χ4v) is 5.52. The van der Waals surface area contributed by atoms with E-state index in [0.29, 0.717) is 21.7 Å². The minimum Gasteiger partial charge on any atom is -0.321 e. The van der Waals surface area contributed by atoms with E-state index in [9.17, 15) is 33.7 Å². The highest BCUT2D eigenvalue weighted by Gasteiger charge is 2.40. The molecule has 0 spiro atoms. The minimum atomic E-state index is -0.753. The lowest BCUT2D eigenvalue weighted by Crippen LogP contribution is -2.31. The van der Waals surface area contributed by atoms with Crippen molar-refractivity contribution in [1.82, 2.24) is 5.32 Å². The number of carbonyl (C=O) groups excluding carboxylic acids is 4. The van der Waals surface area contributed by atoms with Gasteiger partial charge in [0, 0.05) is 34.7 Å². The molecule has 1 heterocycles. The van der Waals surface area contributed by atoms with Crippen LogP contribution in [-0.2, 0) is 14.4 Å². The number of rotatable bonds is 9. The molecule has 4 aromatic carbocycles. The number of nitro groups is 1. The van der Waals surface area contributed by atoms with Crippen molar-refractivity contribution < 1.29 is 28.5 Å². The number of imide groups is 1. The molecule has 4 amide bonds. The Morgan fingerprint density at radius 1 is 0.932 bits per heavy atom. The Hall–Kier alpha value is -5.62. The first-order valence-corrected chi connectivity index (χ1v) is 14.1. The number of nitro benzene ring substituents is 1. The largest absolute Gasteiger partial charge is 0.321 e. The Morgan fingerprint density at radius 3 is 2.36 bits per heavy atom. The molecule has 4 aromatic rings. The smallest absolute Gasteiger partial charge is 0.272 e. The molecule has 220 valence electrons. The van der Waals surface area contributed by atoms with Crippen molar-refractivity contribution in [2.45, 2.75) is 16.6 Å². The summed E-state index contributed by atoms with van der Waals surface area (Å²) in [6.07, 6.45) is 1.27. The molecular formula is C32H23FN4O6S. The van der Waals surface area contributed by atoms with E-state index in [1.54, 1.807) is 60.7 Å². The molecule has 0 unspecified atom stereocenters. The molecule has 0 saturated carbocycles. The van der Waals surface area contributed by atoms with E-state index in [-0.39, 0.29) is 23.5 Å². The molecule has 44 heavy (non-hydrogen) atoms. The Balaban J connectivity index is 1.31. The van der Waals surface area contributed by atoms with Gasteiger partial charge in [0.2, 0.25) is 11.8 Å². The molecule has 0 aromatic heterocycles. The molecule has 1 aliphatic heterocycles. The number of hydrogen-bond acceptors (Lipinski definition) is 7. The molecule has 1 aliphatic rings. The number of hydrogen-bond donors (Lipinski definition) is 2. The summed E-state index contributed by atoms with van der Waals surface area (Å²) in [5.74, 6) is -2.61. The summed E-state index contributed by atoms with van der Waals surface area (Å²) >= 11 is 1.13. The predicted octanol–water partition coefficient (Wildman–Crippen LogP) is 5.57. The lowest BCUT2D eigenvalue weighted by molar-refractivity contribution is -0.384. The van der Waals surface area contributed by atoms with Crippen LogP contribution in [0.2, 0.25) is 0 Å². The van der Waals surface area contributed by atoms with Gasteiger partial charge >= 0.3 is 0 Å². The number of thioether (sulfide) groups is 1. The van der Waals surface area contributed by atoms with Crippen LogP contribution in [-0.4, -0.2) is 33.8 Å². The highest BCUT2D eigenvalue weighted by molar-refractivity contribution is 8.00. The number of halogens is 1. The fourth-order valence-electron chi connectivity index (χ4n) is 4.41. The number of nitrogens with zero attached hydrogens (tertiary/aromatic N) is 2. The lowest BCUT2D eigenvalue weighted by atomic mass is 10.1. The maximum Gasteiger partial charge on any atom is 0.272 e. The van der Waals surface area contributed by atoms with Crippen molar-refractivity contribution >= 4 is 58.5 Å². The van der Waals surface area contributed by atoms with Crippen LogP contribution >= 0.6 is 11.8 Å². The van der Waals surface area contributed by atoms with Crippen LogP contribution in [0.15, 0.2) is 114 Å². The van der Waals surface area contributed by atoms with Crippen LogP contribution in [0, 0.1) is 15.9 Å². The zero-order valence-corrected chi connectivity index (χ0v) is 23.6. The first-order chi connectivity index (χ1) is 21.2. The van der Waals surface area contributed by atoms with Gasteiger partial charge in [-0.25, -0.2) is 9.29 Å². The van der Waals surface area contributed by atoms with Gasteiger partial charge in [0.15, 0.2) is 0 Å². The van der Waals surface area contributed by atoms with Gasteiger partial charge in [-0.15, -0.1) is 11.8 Å². The SMILES string of the molecule is O=C(Nc1cccc(S[C@@H]2CC(=O)N(c3ccc([N+](=O)[O-])cc3)C2=O)c1)/C(=C\c1cccc(F)c1)NC(=O)c1ccccc1. The molecule has 12 heteroatoms. The summed E-state index contributed by atoms with van der Waals surface area (Å²) in [5, 5.41) is 15.5. The Kier molecular flexibility index (Phi) is 8.91. The minimum absolute atomic E-state index is 0.0802. The first kappa shape index (κ1) is 29.9. The van der Waals surface area contributed by atoms with Gasteiger partial charge in [-0.1, -0.05) is 36.4 Å². The average molecular weight is 611 g/mol. The highest BCUT2D eigenvalue weighted by Crippen LogP contribution is 2.35. The van der Waals surface area contributed by atoms with Gasteiger partial charge in [0.1, 0.15) is 11.5 Å². The Morgan fingerprint density at radius 2 is 1.66 bits per heavy atom. The van der Waals surface area contributed by atoms with Crippen LogP contribution in [0.3, 0.4) is 0 Å². The monoisotopic (exact) mass is 610 g/mol. The summed E-state index contributed by atoms with van der Waals surface area (Å²) in [6, 6.07) is 25.6. The normalized spacial score (nSPS) is 14.8. The van der Waals surface area contributed by atoms with E-state index in [4.69, 9.17) is 0 Å². The number of anilines is 2. The van der Waals surface area contributed by atoms with Crippen molar-refractivity contribution in [3.8, 4) is 0 Å². The molecule has 5 rings (SSSR count). The van der Waals surface area contributed by atoms with Gasteiger partial charge in [0.25, 0.3) is 17.5 Å². The molecule has 1 atom stereocenters. The Labute approximate surface area is 254 Å². The standard InChI is InChI=1S/C32H23FN4O6S/c33-22-9-4-6-20(16-22)17-27(35-30(39)21-7-2-1-3-8-21)31(40)34-23-10-5-11-26(18-23)44-28-19-29(38)36(32(28)41)24-12-14-25(15-13-24)37(42)43/h1-18,28H,19H2,(H,34,40)(H,35,39)/b27-17+/t28-/m1/s1. The topological polar surface area (TPSA) is 139 Å². The van der Waals surface area contributed by atoms with Gasteiger partial charge < -0.3 is 10.6 Å². The van der Waals surface area contributed by atoms with Crippen molar-refractivity contribution in [2.24, 2.45) is 0 Å². The van der Waals surface area contributed by atoms with Crippen LogP contribution in [0.1, 0.15) is 22.3 Å². The number of amides is 4. The van der Waals surface area contributed by atoms with Crippen LogP contribution in [0.25, 0.3) is 6.08 Å². The number of benzene rings is 4. The van der Waals surface area contributed by atoms with Crippen LogP contribution in [0.5, 0.6) is 0 Å². The van der Waals surface area contributed by atoms with Crippen molar-refractivity contribution in [2.75, 3.05) is 10.2 Å². The van der Waals surface area contributed by atoms with Gasteiger partial charge in [-0.3, -0.25) is 29.3 Å². The van der Waals surface area contributed by atoms with Gasteiger partial charge in [-0.05, 0) is 66.2 Å². The molecule has 1 fully saturated rings. The summed E-state index contributed by atoms with van der Waals surface area (Å²) < 4.78 is 13.8. The summed E-state index contributed by atoms with van der Waals surface area (Å²) in [6.45, 7) is 0. The molecule has 1 saturated heterocycles. The molecule has 0 bridgehead atoms. The third-order valence-corrected chi connectivity index (χ3v) is 7.66. The van der Waals surface area contributed by atoms with Crippen LogP contribution < -0.4 is 15.5 Å². The van der Waals surface area contributed by atoms with Gasteiger partial charge in [0.05, 0.1) is 15.9 Å². The van der Waals surface area contributed by atoms with E-state index in [1.165, 1.54) is 48.5 Å². The summed E-state index contributed by atoms with van der Waals surface area (Å²) in [5.41, 5.74) is 0.981. The molecule has 2 N–H and O–H groups in total. The maximum absolute atomic E-state index is 13.8.